The Morgan fingerprint density at radius 3 is 3.07 bits per heavy atom. The zero-order valence-corrected chi connectivity index (χ0v) is 9.49. The van der Waals surface area contributed by atoms with Crippen LogP contribution in [0, 0.1) is 0 Å². The van der Waals surface area contributed by atoms with Gasteiger partial charge in [0.2, 0.25) is 0 Å². The van der Waals surface area contributed by atoms with Crippen molar-refractivity contribution < 1.29 is 4.74 Å². The summed E-state index contributed by atoms with van der Waals surface area (Å²) in [7, 11) is 1.64. The highest BCUT2D eigenvalue weighted by Crippen LogP contribution is 2.17. The van der Waals surface area contributed by atoms with E-state index in [1.54, 1.807) is 13.3 Å². The molecule has 6 heteroatoms. The second kappa shape index (κ2) is 5.90. The molecule has 0 aliphatic carbocycles. The summed E-state index contributed by atoms with van der Waals surface area (Å²) in [6.07, 6.45) is 3.16. The standard InChI is InChI=1S/C8H13BrN4O/c1-14-4-6(2-10)13-8-7(9)3-11-5-12-8/h3,5-6H,2,4,10H2,1H3,(H,11,12,13). The van der Waals surface area contributed by atoms with Crippen molar-refractivity contribution in [3.63, 3.8) is 0 Å². The molecule has 14 heavy (non-hydrogen) atoms. The third-order valence-corrected chi connectivity index (χ3v) is 2.24. The summed E-state index contributed by atoms with van der Waals surface area (Å²) >= 11 is 3.34. The fraction of sp³-hybridized carbons (Fsp3) is 0.500. The Bertz CT molecular complexity index is 284. The van der Waals surface area contributed by atoms with Gasteiger partial charge >= 0.3 is 0 Å². The summed E-state index contributed by atoms with van der Waals surface area (Å²) < 4.78 is 5.82. The first-order valence-corrected chi connectivity index (χ1v) is 4.98. The van der Waals surface area contributed by atoms with Crippen molar-refractivity contribution in [2.45, 2.75) is 6.04 Å². The number of halogens is 1. The molecule has 1 aromatic heterocycles. The Labute approximate surface area is 91.2 Å². The first kappa shape index (κ1) is 11.4. The Balaban J connectivity index is 2.62. The van der Waals surface area contributed by atoms with Gasteiger partial charge in [-0.05, 0) is 15.9 Å². The zero-order chi connectivity index (χ0) is 10.4. The van der Waals surface area contributed by atoms with E-state index in [9.17, 15) is 0 Å². The number of ether oxygens (including phenoxy) is 1. The molecule has 1 aromatic rings. The average Bonchev–Trinajstić information content (AvgIpc) is 2.20. The Kier molecular flexibility index (Phi) is 4.78. The molecule has 1 rings (SSSR count). The van der Waals surface area contributed by atoms with Crippen LogP contribution in [0.2, 0.25) is 0 Å². The molecule has 0 bridgehead atoms. The minimum Gasteiger partial charge on any atom is -0.383 e. The minimum absolute atomic E-state index is 0.0613. The van der Waals surface area contributed by atoms with Gasteiger partial charge < -0.3 is 15.8 Å². The van der Waals surface area contributed by atoms with Crippen molar-refractivity contribution in [2.24, 2.45) is 5.73 Å². The lowest BCUT2D eigenvalue weighted by molar-refractivity contribution is 0.187. The number of rotatable bonds is 5. The van der Waals surface area contributed by atoms with Crippen LogP contribution in [0.3, 0.4) is 0 Å². The predicted molar refractivity (Wildman–Crippen MR) is 58.1 cm³/mol. The molecule has 0 spiro atoms. The highest BCUT2D eigenvalue weighted by atomic mass is 79.9. The van der Waals surface area contributed by atoms with E-state index in [0.717, 1.165) is 10.3 Å². The van der Waals surface area contributed by atoms with Crippen LogP contribution in [0.15, 0.2) is 17.0 Å². The number of nitrogens with zero attached hydrogens (tertiary/aromatic N) is 2. The first-order chi connectivity index (χ1) is 6.77. The topological polar surface area (TPSA) is 73.1 Å². The van der Waals surface area contributed by atoms with E-state index in [2.05, 4.69) is 31.2 Å². The van der Waals surface area contributed by atoms with Crippen LogP contribution >= 0.6 is 15.9 Å². The highest BCUT2D eigenvalue weighted by Gasteiger charge is 2.08. The van der Waals surface area contributed by atoms with Gasteiger partial charge in [-0.1, -0.05) is 0 Å². The lowest BCUT2D eigenvalue weighted by atomic mass is 10.3. The predicted octanol–water partition coefficient (Wildman–Crippen LogP) is 0.625. The quantitative estimate of drug-likeness (QED) is 0.813. The SMILES string of the molecule is COCC(CN)Nc1ncncc1Br. The maximum Gasteiger partial charge on any atom is 0.144 e. The van der Waals surface area contributed by atoms with Crippen molar-refractivity contribution in [2.75, 3.05) is 25.6 Å². The number of hydrogen-bond acceptors (Lipinski definition) is 5. The van der Waals surface area contributed by atoms with E-state index in [1.165, 1.54) is 6.33 Å². The maximum absolute atomic E-state index is 5.56. The molecule has 0 radical (unpaired) electrons. The third kappa shape index (κ3) is 3.21. The van der Waals surface area contributed by atoms with Gasteiger partial charge in [-0.25, -0.2) is 9.97 Å². The molecule has 0 aromatic carbocycles. The van der Waals surface area contributed by atoms with Gasteiger partial charge in [0.25, 0.3) is 0 Å². The molecule has 1 unspecified atom stereocenters. The Hall–Kier alpha value is -0.720. The molecule has 3 N–H and O–H groups in total. The van der Waals surface area contributed by atoms with Crippen molar-refractivity contribution in [3.8, 4) is 0 Å². The van der Waals surface area contributed by atoms with Gasteiger partial charge in [-0.3, -0.25) is 0 Å². The molecule has 0 fully saturated rings. The summed E-state index contributed by atoms with van der Waals surface area (Å²) in [5.41, 5.74) is 5.56. The Morgan fingerprint density at radius 2 is 2.50 bits per heavy atom. The van der Waals surface area contributed by atoms with Gasteiger partial charge in [-0.2, -0.15) is 0 Å². The maximum atomic E-state index is 5.56. The fourth-order valence-corrected chi connectivity index (χ4v) is 1.32. The van der Waals surface area contributed by atoms with Crippen LogP contribution in [0.5, 0.6) is 0 Å². The van der Waals surface area contributed by atoms with Crippen molar-refractivity contribution in [1.82, 2.24) is 9.97 Å². The summed E-state index contributed by atoms with van der Waals surface area (Å²) in [5, 5.41) is 3.15. The third-order valence-electron chi connectivity index (χ3n) is 1.66. The highest BCUT2D eigenvalue weighted by molar-refractivity contribution is 9.10. The second-order valence-electron chi connectivity index (χ2n) is 2.75. The molecule has 0 saturated heterocycles. The van der Waals surface area contributed by atoms with Crippen molar-refractivity contribution >= 4 is 21.7 Å². The van der Waals surface area contributed by atoms with Gasteiger partial charge in [0, 0.05) is 19.9 Å². The number of anilines is 1. The molecule has 0 amide bonds. The molecular weight excluding hydrogens is 248 g/mol. The molecule has 0 saturated carbocycles. The fourth-order valence-electron chi connectivity index (χ4n) is 0.982. The zero-order valence-electron chi connectivity index (χ0n) is 7.90. The Morgan fingerprint density at radius 1 is 1.71 bits per heavy atom. The molecule has 1 atom stereocenters. The summed E-state index contributed by atoms with van der Waals surface area (Å²) in [4.78, 5) is 7.93. The van der Waals surface area contributed by atoms with Gasteiger partial charge in [0.05, 0.1) is 17.1 Å². The number of nitrogens with two attached hydrogens (primary N) is 1. The first-order valence-electron chi connectivity index (χ1n) is 4.19. The molecule has 78 valence electrons. The van der Waals surface area contributed by atoms with Crippen LogP contribution in [0.25, 0.3) is 0 Å². The normalized spacial score (nSPS) is 12.5. The van der Waals surface area contributed by atoms with Crippen molar-refractivity contribution in [3.05, 3.63) is 17.0 Å². The van der Waals surface area contributed by atoms with E-state index in [-0.39, 0.29) is 6.04 Å². The van der Waals surface area contributed by atoms with Crippen LogP contribution < -0.4 is 11.1 Å². The largest absolute Gasteiger partial charge is 0.383 e. The number of nitrogens with one attached hydrogen (secondary N) is 1. The van der Waals surface area contributed by atoms with Crippen LogP contribution in [0.4, 0.5) is 5.82 Å². The molecule has 0 aliphatic rings. The van der Waals surface area contributed by atoms with Gasteiger partial charge in [-0.15, -0.1) is 0 Å². The number of hydrogen-bond donors (Lipinski definition) is 2. The lowest BCUT2D eigenvalue weighted by Gasteiger charge is -2.16. The molecule has 1 heterocycles. The van der Waals surface area contributed by atoms with Gasteiger partial charge in [0.1, 0.15) is 12.1 Å². The second-order valence-corrected chi connectivity index (χ2v) is 3.61. The monoisotopic (exact) mass is 260 g/mol. The van der Waals surface area contributed by atoms with Crippen LogP contribution in [0.1, 0.15) is 0 Å². The van der Waals surface area contributed by atoms with E-state index in [4.69, 9.17) is 10.5 Å². The van der Waals surface area contributed by atoms with Gasteiger partial charge in [0.15, 0.2) is 0 Å². The summed E-state index contributed by atoms with van der Waals surface area (Å²) in [6.45, 7) is 1.04. The van der Waals surface area contributed by atoms with Crippen molar-refractivity contribution in [1.29, 1.82) is 0 Å². The van der Waals surface area contributed by atoms with Crippen LogP contribution in [-0.4, -0.2) is 36.3 Å². The average molecular weight is 261 g/mol. The van der Waals surface area contributed by atoms with E-state index >= 15 is 0 Å². The summed E-state index contributed by atoms with van der Waals surface area (Å²) in [5.74, 6) is 0.729. The smallest absolute Gasteiger partial charge is 0.144 e. The van der Waals surface area contributed by atoms with E-state index in [0.29, 0.717) is 13.2 Å². The lowest BCUT2D eigenvalue weighted by Crippen LogP contribution is -2.33. The van der Waals surface area contributed by atoms with Crippen LogP contribution in [-0.2, 0) is 4.74 Å². The molecule has 5 nitrogen and oxygen atoms in total. The van der Waals surface area contributed by atoms with E-state index < -0.39 is 0 Å². The van der Waals surface area contributed by atoms with E-state index in [1.807, 2.05) is 0 Å². The molecular formula is C8H13BrN4O. The summed E-state index contributed by atoms with van der Waals surface area (Å²) in [6, 6.07) is 0.0613. The minimum atomic E-state index is 0.0613. The number of methoxy groups -OCH3 is 1. The number of aromatic nitrogens is 2. The molecule has 0 aliphatic heterocycles.